The summed E-state index contributed by atoms with van der Waals surface area (Å²) in [4.78, 5) is 29.6. The van der Waals surface area contributed by atoms with Crippen molar-refractivity contribution in [1.29, 1.82) is 5.41 Å². The molecule has 1 aromatic carbocycles. The van der Waals surface area contributed by atoms with Crippen LogP contribution in [0.25, 0.3) is 11.1 Å². The molecule has 20 heteroatoms. The first-order valence-corrected chi connectivity index (χ1v) is 25.5. The summed E-state index contributed by atoms with van der Waals surface area (Å²) in [7, 11) is 4.77. The third-order valence-electron chi connectivity index (χ3n) is 15.6. The van der Waals surface area contributed by atoms with E-state index in [1.165, 1.54) is 27.4 Å². The maximum atomic E-state index is 14.4. The molecule has 5 rings (SSSR count). The number of alkyl halides is 2. The van der Waals surface area contributed by atoms with Crippen LogP contribution in [0.4, 0.5) is 4.39 Å². The molecular formula is C50H78FIN4O14. The van der Waals surface area contributed by atoms with E-state index < -0.39 is 136 Å². The van der Waals surface area contributed by atoms with Crippen LogP contribution in [0.1, 0.15) is 99.7 Å². The van der Waals surface area contributed by atoms with E-state index in [4.69, 9.17) is 32.9 Å². The number of hydrogen-bond donors (Lipinski definition) is 7. The summed E-state index contributed by atoms with van der Waals surface area (Å²) in [5, 5.41) is 73.4. The first kappa shape index (κ1) is 58.2. The predicted molar refractivity (Wildman–Crippen MR) is 264 cm³/mol. The van der Waals surface area contributed by atoms with Gasteiger partial charge in [-0.2, -0.15) is 0 Å². The Morgan fingerprint density at radius 3 is 2.21 bits per heavy atom. The van der Waals surface area contributed by atoms with Crippen LogP contribution in [-0.2, 0) is 38.0 Å². The monoisotopic (exact) mass is 1100 g/mol. The number of halogens is 2. The lowest BCUT2D eigenvalue weighted by atomic mass is 9.68. The van der Waals surface area contributed by atoms with Gasteiger partial charge in [-0.1, -0.05) is 57.1 Å². The van der Waals surface area contributed by atoms with Crippen LogP contribution < -0.4 is 5.32 Å². The molecule has 20 atom stereocenters. The summed E-state index contributed by atoms with van der Waals surface area (Å²) in [6, 6.07) is 4.95. The number of aliphatic hydroxyl groups is 5. The second-order valence-corrected chi connectivity index (χ2v) is 21.9. The lowest BCUT2D eigenvalue weighted by Gasteiger charge is -2.52. The summed E-state index contributed by atoms with van der Waals surface area (Å²) in [5.74, 6) is -5.03. The van der Waals surface area contributed by atoms with Gasteiger partial charge in [0.1, 0.15) is 36.9 Å². The number of methoxy groups -OCH3 is 2. The Kier molecular flexibility index (Phi) is 20.0. The minimum absolute atomic E-state index is 0.0907. The number of rotatable bonds is 14. The second kappa shape index (κ2) is 24.1. The smallest absolute Gasteiger partial charge is 0.310 e. The van der Waals surface area contributed by atoms with Gasteiger partial charge in [-0.3, -0.25) is 9.59 Å². The number of ether oxygens (including phenoxy) is 6. The summed E-state index contributed by atoms with van der Waals surface area (Å²) in [6.45, 7) is 14.7. The van der Waals surface area contributed by atoms with E-state index in [1.807, 2.05) is 32.6 Å². The van der Waals surface area contributed by atoms with Gasteiger partial charge in [-0.15, -0.1) is 0 Å². The third-order valence-corrected chi connectivity index (χ3v) is 17.1. The molecule has 1 amide bonds. The van der Waals surface area contributed by atoms with Crippen LogP contribution in [0.15, 0.2) is 41.2 Å². The number of likely N-dealkylation sites (N-methyl/N-ethyl adjacent to an activating group) is 1. The molecular weight excluding hydrogens is 1030 g/mol. The lowest BCUT2D eigenvalue weighted by Crippen LogP contribution is -2.62. The van der Waals surface area contributed by atoms with Crippen LogP contribution in [0.2, 0.25) is 0 Å². The molecule has 3 aliphatic heterocycles. The fraction of sp³-hybridized carbons (Fsp3) is 0.760. The Morgan fingerprint density at radius 2 is 1.63 bits per heavy atom. The van der Waals surface area contributed by atoms with Crippen molar-refractivity contribution >= 4 is 40.2 Å². The quantitative estimate of drug-likeness (QED) is 0.0766. The minimum atomic E-state index is -1.96. The van der Waals surface area contributed by atoms with Gasteiger partial charge in [0.05, 0.1) is 59.9 Å². The van der Waals surface area contributed by atoms with Crippen LogP contribution in [0.5, 0.6) is 0 Å². The number of amides is 1. The number of benzene rings is 1. The molecule has 70 heavy (non-hydrogen) atoms. The van der Waals surface area contributed by atoms with Crippen molar-refractivity contribution < 1.29 is 72.5 Å². The van der Waals surface area contributed by atoms with Crippen LogP contribution >= 0.6 is 22.6 Å². The van der Waals surface area contributed by atoms with Crippen molar-refractivity contribution in [1.82, 2.24) is 15.4 Å². The van der Waals surface area contributed by atoms with E-state index in [1.54, 1.807) is 87.8 Å². The van der Waals surface area contributed by atoms with E-state index >= 15 is 0 Å². The standard InChI is InChI=1S/C50H78FIN4O14/c1-25-20-49(8,65-12)44(27(3)38(36-21-48(7,64-11)43(61)30(6)68-36)28(4)45(62)70-47(52)50(9,63)42(60)29(5)39(25)53)69-46-41(59)35(19-26(2)67-46)56(10)18-17-37(57)55-34(22-51)40(58)32-15-13-31(14-16-32)33-23-54-66-24-33/h13-16,23-30,34-36,38,40-44,46-47,53,58-61,63H,17-22H2,1-12H3,(H,55,57)/t25-,26-,27+,28-,29+,30+,34-,35+,36-,38?,40-,41-,42-,43+,44-,46+,47+,48-,49-,50+/m1/s1. The SMILES string of the molecule is CO[C@]1(C)C[C@@H](C)C(=N)[C@H](C)[C@@H](O)[C@](C)(O)[C@@H](I)OC(=O)[C@H](C)C([C@H]2C[C@@](C)(OC)[C@@H](O)[C@H](C)O2)[C@H](C)[C@H]1O[C@@H]1O[C@H](C)C[C@H](N(C)CCC(=O)N[C@H](CF)[C@H](O)c2ccc(-c3cnoc3)cc2)[C@H]1O. The van der Waals surface area contributed by atoms with Gasteiger partial charge in [0.2, 0.25) is 5.91 Å². The highest BCUT2D eigenvalue weighted by Crippen LogP contribution is 2.46. The Balaban J connectivity index is 1.43. The Bertz CT molecular complexity index is 2020. The van der Waals surface area contributed by atoms with E-state index in [0.29, 0.717) is 12.0 Å². The molecule has 396 valence electrons. The molecule has 2 aromatic rings. The molecule has 0 bridgehead atoms. The zero-order valence-corrected chi connectivity index (χ0v) is 44.7. The molecule has 0 radical (unpaired) electrons. The molecule has 0 spiro atoms. The van der Waals surface area contributed by atoms with Gasteiger partial charge in [0.15, 0.2) is 10.4 Å². The van der Waals surface area contributed by atoms with Crippen molar-refractivity contribution in [3.05, 3.63) is 42.3 Å². The van der Waals surface area contributed by atoms with E-state index in [2.05, 4.69) is 10.5 Å². The average Bonchev–Trinajstić information content (AvgIpc) is 3.88. The first-order chi connectivity index (χ1) is 32.7. The zero-order chi connectivity index (χ0) is 52.2. The summed E-state index contributed by atoms with van der Waals surface area (Å²) in [6.07, 6.45) is -5.75. The highest BCUT2D eigenvalue weighted by molar-refractivity contribution is 14.1. The molecule has 1 unspecified atom stereocenters. The van der Waals surface area contributed by atoms with Crippen LogP contribution in [0, 0.1) is 35.0 Å². The maximum absolute atomic E-state index is 14.4. The summed E-state index contributed by atoms with van der Waals surface area (Å²) < 4.78 is 56.4. The van der Waals surface area contributed by atoms with Crippen molar-refractivity contribution in [3.8, 4) is 11.1 Å². The first-order valence-electron chi connectivity index (χ1n) is 24.2. The molecule has 3 fully saturated rings. The molecule has 1 aromatic heterocycles. The van der Waals surface area contributed by atoms with Gasteiger partial charge in [0.25, 0.3) is 0 Å². The largest absolute Gasteiger partial charge is 0.448 e. The second-order valence-electron chi connectivity index (χ2n) is 20.8. The Labute approximate surface area is 425 Å². The number of nitrogens with one attached hydrogen (secondary N) is 2. The number of esters is 1. The fourth-order valence-corrected chi connectivity index (χ4v) is 11.5. The Morgan fingerprint density at radius 1 is 0.986 bits per heavy atom. The zero-order valence-electron chi connectivity index (χ0n) is 42.6. The Hall–Kier alpha value is -2.74. The highest BCUT2D eigenvalue weighted by Gasteiger charge is 2.56. The number of nitrogens with zero attached hydrogens (tertiary/aromatic N) is 2. The molecule has 0 aliphatic carbocycles. The van der Waals surface area contributed by atoms with E-state index in [9.17, 15) is 44.9 Å². The topological polar surface area (TPSA) is 256 Å². The molecule has 4 heterocycles. The fourth-order valence-electron chi connectivity index (χ4n) is 10.9. The van der Waals surface area contributed by atoms with Crippen molar-refractivity contribution in [2.24, 2.45) is 29.6 Å². The van der Waals surface area contributed by atoms with E-state index in [-0.39, 0.29) is 31.5 Å². The van der Waals surface area contributed by atoms with Gasteiger partial charge < -0.3 is 74.1 Å². The molecule has 3 saturated heterocycles. The van der Waals surface area contributed by atoms with E-state index in [0.717, 1.165) is 11.1 Å². The van der Waals surface area contributed by atoms with Crippen LogP contribution in [0.3, 0.4) is 0 Å². The van der Waals surface area contributed by atoms with Crippen molar-refractivity contribution in [2.75, 3.05) is 34.5 Å². The number of aliphatic hydroxyl groups excluding tert-OH is 4. The predicted octanol–water partition coefficient (Wildman–Crippen LogP) is 4.75. The number of cyclic esters (lactones) is 1. The number of aromatic nitrogens is 1. The molecule has 7 N–H and O–H groups in total. The van der Waals surface area contributed by atoms with Gasteiger partial charge in [-0.25, -0.2) is 4.39 Å². The summed E-state index contributed by atoms with van der Waals surface area (Å²) >= 11 is 1.79. The molecule has 0 saturated carbocycles. The van der Waals surface area contributed by atoms with Crippen molar-refractivity contribution in [2.45, 2.75) is 176 Å². The van der Waals surface area contributed by atoms with Crippen molar-refractivity contribution in [3.63, 3.8) is 0 Å². The maximum Gasteiger partial charge on any atom is 0.310 e. The highest BCUT2D eigenvalue weighted by atomic mass is 127. The van der Waals surface area contributed by atoms with Gasteiger partial charge in [0, 0.05) is 62.8 Å². The number of carbonyl (C=O) groups excluding carboxylic acids is 2. The van der Waals surface area contributed by atoms with Gasteiger partial charge in [-0.05, 0) is 100 Å². The van der Waals surface area contributed by atoms with Crippen LogP contribution in [-0.4, -0.2) is 170 Å². The average molecular weight is 1110 g/mol. The third kappa shape index (κ3) is 12.8. The van der Waals surface area contributed by atoms with Gasteiger partial charge >= 0.3 is 5.97 Å². The minimum Gasteiger partial charge on any atom is -0.448 e. The lowest BCUT2D eigenvalue weighted by molar-refractivity contribution is -0.304. The molecule has 3 aliphatic rings. The number of hydrogen-bond acceptors (Lipinski definition) is 17. The normalized spacial score (nSPS) is 40.3. The molecule has 18 nitrogen and oxygen atoms in total. The summed E-state index contributed by atoms with van der Waals surface area (Å²) in [5.41, 5.74) is -2.26. The number of carbonyl (C=O) groups is 2.